The quantitative estimate of drug-likeness (QED) is 0.644. The van der Waals surface area contributed by atoms with Crippen molar-refractivity contribution in [3.05, 3.63) is 63.1 Å². The van der Waals surface area contributed by atoms with Gasteiger partial charge in [0, 0.05) is 22.6 Å². The van der Waals surface area contributed by atoms with Crippen LogP contribution in [0.5, 0.6) is 5.75 Å². The number of sulfone groups is 1. The lowest BCUT2D eigenvalue weighted by Gasteiger charge is -2.29. The van der Waals surface area contributed by atoms with Crippen LogP contribution in [0.2, 0.25) is 15.1 Å². The first kappa shape index (κ1) is 21.2. The van der Waals surface area contributed by atoms with Gasteiger partial charge in [0.15, 0.2) is 16.4 Å². The highest BCUT2D eigenvalue weighted by Gasteiger charge is 2.35. The van der Waals surface area contributed by atoms with Gasteiger partial charge in [-0.1, -0.05) is 53.0 Å². The molecule has 0 N–H and O–H groups in total. The van der Waals surface area contributed by atoms with E-state index in [-0.39, 0.29) is 30.6 Å². The van der Waals surface area contributed by atoms with Gasteiger partial charge in [0.1, 0.15) is 5.75 Å². The Hall–Kier alpha value is -1.47. The van der Waals surface area contributed by atoms with Gasteiger partial charge in [0.25, 0.3) is 5.91 Å². The Morgan fingerprint density at radius 3 is 2.50 bits per heavy atom. The molecule has 2 aromatic rings. The number of rotatable bonds is 6. The Morgan fingerprint density at radius 1 is 1.11 bits per heavy atom. The van der Waals surface area contributed by atoms with Gasteiger partial charge in [0.2, 0.25) is 0 Å². The molecule has 0 unspecified atom stereocenters. The van der Waals surface area contributed by atoms with Crippen LogP contribution in [0, 0.1) is 0 Å². The van der Waals surface area contributed by atoms with E-state index in [4.69, 9.17) is 39.5 Å². The summed E-state index contributed by atoms with van der Waals surface area (Å²) in [6, 6.07) is 11.4. The molecule has 0 saturated carbocycles. The summed E-state index contributed by atoms with van der Waals surface area (Å²) in [5, 5.41) is 1.29. The highest BCUT2D eigenvalue weighted by Crippen LogP contribution is 2.27. The summed E-state index contributed by atoms with van der Waals surface area (Å²) in [6.07, 6.45) is 0.380. The third-order valence-corrected chi connectivity index (χ3v) is 7.16. The number of para-hydroxylation sites is 1. The number of nitrogens with zero attached hydrogens (tertiary/aromatic N) is 1. The molecule has 1 atom stereocenters. The lowest BCUT2D eigenvalue weighted by molar-refractivity contribution is -0.136. The van der Waals surface area contributed by atoms with E-state index in [1.165, 1.54) is 4.90 Å². The van der Waals surface area contributed by atoms with E-state index in [1.54, 1.807) is 42.5 Å². The molecule has 0 spiro atoms. The van der Waals surface area contributed by atoms with Gasteiger partial charge in [-0.05, 0) is 36.2 Å². The fourth-order valence-corrected chi connectivity index (χ4v) is 5.45. The number of benzene rings is 2. The van der Waals surface area contributed by atoms with Crippen LogP contribution in [0.15, 0.2) is 42.5 Å². The van der Waals surface area contributed by atoms with E-state index in [0.717, 1.165) is 0 Å². The topological polar surface area (TPSA) is 63.7 Å². The predicted octanol–water partition coefficient (Wildman–Crippen LogP) is 4.24. The molecule has 1 aliphatic heterocycles. The van der Waals surface area contributed by atoms with Crippen LogP contribution in [0.1, 0.15) is 12.0 Å². The van der Waals surface area contributed by atoms with Gasteiger partial charge in [-0.2, -0.15) is 0 Å². The minimum atomic E-state index is -3.17. The lowest BCUT2D eigenvalue weighted by atomic mass is 10.1. The number of halogens is 3. The number of ether oxygens (including phenoxy) is 1. The summed E-state index contributed by atoms with van der Waals surface area (Å²) >= 11 is 18.2. The third kappa shape index (κ3) is 5.32. The molecule has 0 bridgehead atoms. The molecule has 1 fully saturated rings. The molecule has 0 aliphatic carbocycles. The molecule has 150 valence electrons. The first-order valence-corrected chi connectivity index (χ1v) is 11.5. The second-order valence-corrected chi connectivity index (χ2v) is 10.0. The van der Waals surface area contributed by atoms with Crippen molar-refractivity contribution in [1.82, 2.24) is 4.90 Å². The molecule has 1 saturated heterocycles. The number of hydrogen-bond acceptors (Lipinski definition) is 4. The van der Waals surface area contributed by atoms with Crippen LogP contribution in [-0.4, -0.2) is 43.4 Å². The molecular weight excluding hydrogens is 445 g/mol. The maximum atomic E-state index is 12.9. The third-order valence-electron chi connectivity index (χ3n) is 4.51. The average molecular weight is 463 g/mol. The summed E-state index contributed by atoms with van der Waals surface area (Å²) in [4.78, 5) is 14.4. The van der Waals surface area contributed by atoms with Crippen molar-refractivity contribution in [3.8, 4) is 5.75 Å². The maximum absolute atomic E-state index is 12.9. The standard InChI is InChI=1S/C19H18Cl3NO4S/c20-14-6-5-13(17(22)9-14)10-23(15-7-8-28(25,26)12-15)19(24)11-27-18-4-2-1-3-16(18)21/h1-6,9,15H,7-8,10-12H2/t15-/m1/s1. The summed E-state index contributed by atoms with van der Waals surface area (Å²) in [6.45, 7) is -0.0909. The zero-order valence-electron chi connectivity index (χ0n) is 14.8. The van der Waals surface area contributed by atoms with Crippen LogP contribution in [0.4, 0.5) is 0 Å². The normalized spacial score (nSPS) is 18.0. The summed E-state index contributed by atoms with van der Waals surface area (Å²) in [5.74, 6) is 0.0334. The van der Waals surface area contributed by atoms with Crippen LogP contribution < -0.4 is 4.74 Å². The minimum Gasteiger partial charge on any atom is -0.482 e. The van der Waals surface area contributed by atoms with Crippen LogP contribution >= 0.6 is 34.8 Å². The van der Waals surface area contributed by atoms with Gasteiger partial charge < -0.3 is 9.64 Å². The Balaban J connectivity index is 1.79. The van der Waals surface area contributed by atoms with E-state index in [0.29, 0.717) is 32.8 Å². The molecule has 1 heterocycles. The Bertz CT molecular complexity index is 981. The molecule has 9 heteroatoms. The number of amides is 1. The lowest BCUT2D eigenvalue weighted by Crippen LogP contribution is -2.43. The van der Waals surface area contributed by atoms with E-state index < -0.39 is 15.9 Å². The van der Waals surface area contributed by atoms with Crippen molar-refractivity contribution >= 4 is 50.5 Å². The predicted molar refractivity (Wildman–Crippen MR) is 111 cm³/mol. The molecule has 1 aliphatic rings. The summed E-state index contributed by atoms with van der Waals surface area (Å²) < 4.78 is 29.4. The highest BCUT2D eigenvalue weighted by atomic mass is 35.5. The van der Waals surface area contributed by atoms with E-state index >= 15 is 0 Å². The molecule has 3 rings (SSSR count). The monoisotopic (exact) mass is 461 g/mol. The number of carbonyl (C=O) groups is 1. The van der Waals surface area contributed by atoms with Crippen molar-refractivity contribution in [2.75, 3.05) is 18.1 Å². The smallest absolute Gasteiger partial charge is 0.261 e. The second-order valence-electron chi connectivity index (χ2n) is 6.53. The minimum absolute atomic E-state index is 0.0567. The van der Waals surface area contributed by atoms with Crippen molar-refractivity contribution in [2.45, 2.75) is 19.0 Å². The van der Waals surface area contributed by atoms with Gasteiger partial charge in [0.05, 0.1) is 16.5 Å². The van der Waals surface area contributed by atoms with E-state index in [2.05, 4.69) is 0 Å². The summed E-state index contributed by atoms with van der Waals surface area (Å²) in [5.41, 5.74) is 0.682. The Labute approximate surface area is 179 Å². The van der Waals surface area contributed by atoms with Gasteiger partial charge in [-0.15, -0.1) is 0 Å². The molecule has 0 aromatic heterocycles. The fourth-order valence-electron chi connectivity index (χ4n) is 3.06. The second kappa shape index (κ2) is 8.91. The van der Waals surface area contributed by atoms with Crippen LogP contribution in [-0.2, 0) is 21.2 Å². The van der Waals surface area contributed by atoms with Crippen molar-refractivity contribution < 1.29 is 17.9 Å². The number of hydrogen-bond donors (Lipinski definition) is 0. The number of carbonyl (C=O) groups excluding carboxylic acids is 1. The average Bonchev–Trinajstić information content (AvgIpc) is 2.99. The molecule has 2 aromatic carbocycles. The SMILES string of the molecule is O=C(COc1ccccc1Cl)N(Cc1ccc(Cl)cc1Cl)[C@@H]1CCS(=O)(=O)C1. The zero-order valence-corrected chi connectivity index (χ0v) is 17.9. The van der Waals surface area contributed by atoms with E-state index in [9.17, 15) is 13.2 Å². The van der Waals surface area contributed by atoms with Crippen LogP contribution in [0.3, 0.4) is 0 Å². The largest absolute Gasteiger partial charge is 0.482 e. The highest BCUT2D eigenvalue weighted by molar-refractivity contribution is 7.91. The first-order chi connectivity index (χ1) is 13.2. The fraction of sp³-hybridized carbons (Fsp3) is 0.316. The Morgan fingerprint density at radius 2 is 1.86 bits per heavy atom. The molecule has 1 amide bonds. The first-order valence-electron chi connectivity index (χ1n) is 8.56. The van der Waals surface area contributed by atoms with Crippen molar-refractivity contribution in [3.63, 3.8) is 0 Å². The zero-order chi connectivity index (χ0) is 20.3. The van der Waals surface area contributed by atoms with Gasteiger partial charge in [-0.3, -0.25) is 4.79 Å². The maximum Gasteiger partial charge on any atom is 0.261 e. The van der Waals surface area contributed by atoms with Crippen molar-refractivity contribution in [1.29, 1.82) is 0 Å². The molecule has 28 heavy (non-hydrogen) atoms. The Kier molecular flexibility index (Phi) is 6.76. The van der Waals surface area contributed by atoms with Crippen LogP contribution in [0.25, 0.3) is 0 Å². The molecular formula is C19H18Cl3NO4S. The summed E-state index contributed by atoms with van der Waals surface area (Å²) in [7, 11) is -3.17. The van der Waals surface area contributed by atoms with E-state index in [1.807, 2.05) is 0 Å². The van der Waals surface area contributed by atoms with Gasteiger partial charge >= 0.3 is 0 Å². The van der Waals surface area contributed by atoms with Crippen molar-refractivity contribution in [2.24, 2.45) is 0 Å². The van der Waals surface area contributed by atoms with Gasteiger partial charge in [-0.25, -0.2) is 8.42 Å². The molecule has 0 radical (unpaired) electrons. The molecule has 5 nitrogen and oxygen atoms in total.